The Hall–Kier alpha value is -1.04. The molecule has 6 heteroatoms. The molecule has 1 aromatic heterocycles. The van der Waals surface area contributed by atoms with Gasteiger partial charge in [-0.2, -0.15) is 4.98 Å². The zero-order valence-electron chi connectivity index (χ0n) is 8.50. The van der Waals surface area contributed by atoms with E-state index >= 15 is 0 Å². The van der Waals surface area contributed by atoms with Crippen molar-refractivity contribution in [2.24, 2.45) is 5.73 Å². The lowest BCUT2D eigenvalue weighted by Gasteiger charge is -2.10. The molecule has 0 spiro atoms. The van der Waals surface area contributed by atoms with Gasteiger partial charge in [0.25, 0.3) is 0 Å². The molecule has 0 fully saturated rings. The Morgan fingerprint density at radius 3 is 2.64 bits per heavy atom. The van der Waals surface area contributed by atoms with Crippen molar-refractivity contribution in [2.75, 3.05) is 0 Å². The van der Waals surface area contributed by atoms with E-state index in [1.54, 1.807) is 0 Å². The maximum Gasteiger partial charge on any atom is 0.232 e. The Kier molecular flexibility index (Phi) is 3.15. The van der Waals surface area contributed by atoms with Gasteiger partial charge in [-0.15, -0.1) is 0 Å². The molecule has 1 aromatic rings. The average molecular weight is 214 g/mol. The SMILES string of the molecule is CC(C)(C)c1nc(CSC(=N)N)no1. The molecular formula is C8H14N4OS. The van der Waals surface area contributed by atoms with Gasteiger partial charge in [0.15, 0.2) is 11.0 Å². The molecule has 0 aromatic carbocycles. The summed E-state index contributed by atoms with van der Waals surface area (Å²) < 4.78 is 5.08. The van der Waals surface area contributed by atoms with E-state index in [-0.39, 0.29) is 10.6 Å². The third-order valence-corrected chi connectivity index (χ3v) is 2.18. The van der Waals surface area contributed by atoms with Crippen LogP contribution in [0.3, 0.4) is 0 Å². The van der Waals surface area contributed by atoms with Crippen LogP contribution >= 0.6 is 11.8 Å². The first-order valence-corrected chi connectivity index (χ1v) is 5.18. The number of hydrogen-bond acceptors (Lipinski definition) is 5. The van der Waals surface area contributed by atoms with Gasteiger partial charge in [-0.05, 0) is 0 Å². The predicted molar refractivity (Wildman–Crippen MR) is 56.2 cm³/mol. The summed E-state index contributed by atoms with van der Waals surface area (Å²) in [6, 6.07) is 0. The molecule has 0 radical (unpaired) electrons. The van der Waals surface area contributed by atoms with Crippen LogP contribution in [0.15, 0.2) is 4.52 Å². The Balaban J connectivity index is 2.64. The number of nitrogens with one attached hydrogen (secondary N) is 1. The molecule has 0 aliphatic rings. The predicted octanol–water partition coefficient (Wildman–Crippen LogP) is 1.49. The smallest absolute Gasteiger partial charge is 0.232 e. The number of rotatable bonds is 2. The normalized spacial score (nSPS) is 11.6. The molecule has 1 heterocycles. The van der Waals surface area contributed by atoms with Crippen LogP contribution in [-0.4, -0.2) is 15.3 Å². The van der Waals surface area contributed by atoms with Crippen LogP contribution in [0.5, 0.6) is 0 Å². The quantitative estimate of drug-likeness (QED) is 0.575. The molecule has 5 nitrogen and oxygen atoms in total. The highest BCUT2D eigenvalue weighted by atomic mass is 32.2. The third-order valence-electron chi connectivity index (χ3n) is 1.47. The highest BCUT2D eigenvalue weighted by Crippen LogP contribution is 2.20. The summed E-state index contributed by atoms with van der Waals surface area (Å²) in [6.45, 7) is 6.01. The van der Waals surface area contributed by atoms with Crippen LogP contribution in [0, 0.1) is 5.41 Å². The average Bonchev–Trinajstić information content (AvgIpc) is 2.47. The van der Waals surface area contributed by atoms with Crippen LogP contribution in [0.4, 0.5) is 0 Å². The van der Waals surface area contributed by atoms with E-state index in [2.05, 4.69) is 10.1 Å². The van der Waals surface area contributed by atoms with Crippen LogP contribution in [0.1, 0.15) is 32.5 Å². The molecule has 0 amide bonds. The van der Waals surface area contributed by atoms with E-state index < -0.39 is 0 Å². The van der Waals surface area contributed by atoms with Gasteiger partial charge in [-0.1, -0.05) is 37.7 Å². The monoisotopic (exact) mass is 214 g/mol. The molecule has 1 rings (SSSR count). The number of thioether (sulfide) groups is 1. The number of nitrogens with two attached hydrogens (primary N) is 1. The van der Waals surface area contributed by atoms with E-state index in [0.29, 0.717) is 17.5 Å². The summed E-state index contributed by atoms with van der Waals surface area (Å²) in [5.41, 5.74) is 5.06. The Bertz CT molecular complexity index is 328. The Morgan fingerprint density at radius 1 is 1.57 bits per heavy atom. The first-order chi connectivity index (χ1) is 6.39. The second-order valence-corrected chi connectivity index (χ2v) is 4.94. The molecule has 0 aliphatic heterocycles. The summed E-state index contributed by atoms with van der Waals surface area (Å²) in [5, 5.41) is 10.9. The molecule has 3 N–H and O–H groups in total. The van der Waals surface area contributed by atoms with Crippen molar-refractivity contribution >= 4 is 16.9 Å². The molecular weight excluding hydrogens is 200 g/mol. The Morgan fingerprint density at radius 2 is 2.21 bits per heavy atom. The minimum atomic E-state index is -0.133. The minimum absolute atomic E-state index is 0.0621. The van der Waals surface area contributed by atoms with Gasteiger partial charge in [0.1, 0.15) is 0 Å². The summed E-state index contributed by atoms with van der Waals surface area (Å²) in [5.74, 6) is 1.67. The third kappa shape index (κ3) is 3.02. The maximum absolute atomic E-state index is 7.03. The van der Waals surface area contributed by atoms with E-state index in [1.807, 2.05) is 20.8 Å². The van der Waals surface area contributed by atoms with Crippen LogP contribution < -0.4 is 5.73 Å². The summed E-state index contributed by atoms with van der Waals surface area (Å²) in [4.78, 5) is 4.20. The first kappa shape index (κ1) is 11.0. The summed E-state index contributed by atoms with van der Waals surface area (Å²) in [7, 11) is 0. The largest absolute Gasteiger partial charge is 0.379 e. The lowest BCUT2D eigenvalue weighted by molar-refractivity contribution is 0.319. The summed E-state index contributed by atoms with van der Waals surface area (Å²) >= 11 is 1.18. The zero-order chi connectivity index (χ0) is 10.8. The van der Waals surface area contributed by atoms with Gasteiger partial charge in [0.2, 0.25) is 5.89 Å². The standard InChI is InChI=1S/C8H14N4OS/c1-8(2,3)6-11-5(12-13-6)4-14-7(9)10/h4H2,1-3H3,(H3,9,10). The highest BCUT2D eigenvalue weighted by Gasteiger charge is 2.21. The number of nitrogens with zero attached hydrogens (tertiary/aromatic N) is 2. The van der Waals surface area contributed by atoms with Crippen molar-refractivity contribution in [1.82, 2.24) is 10.1 Å². The van der Waals surface area contributed by atoms with Crippen molar-refractivity contribution in [2.45, 2.75) is 31.9 Å². The molecule has 14 heavy (non-hydrogen) atoms. The van der Waals surface area contributed by atoms with Crippen molar-refractivity contribution in [1.29, 1.82) is 5.41 Å². The molecule has 0 bridgehead atoms. The number of hydrogen-bond donors (Lipinski definition) is 2. The second-order valence-electron chi connectivity index (χ2n) is 3.92. The molecule has 78 valence electrons. The minimum Gasteiger partial charge on any atom is -0.379 e. The van der Waals surface area contributed by atoms with Crippen molar-refractivity contribution in [3.63, 3.8) is 0 Å². The van der Waals surface area contributed by atoms with E-state index in [1.165, 1.54) is 11.8 Å². The van der Waals surface area contributed by atoms with Crippen LogP contribution in [0.25, 0.3) is 0 Å². The van der Waals surface area contributed by atoms with Gasteiger partial charge < -0.3 is 10.3 Å². The van der Waals surface area contributed by atoms with Crippen LogP contribution in [0.2, 0.25) is 0 Å². The van der Waals surface area contributed by atoms with Gasteiger partial charge in [0, 0.05) is 5.41 Å². The lowest BCUT2D eigenvalue weighted by atomic mass is 9.97. The lowest BCUT2D eigenvalue weighted by Crippen LogP contribution is -2.11. The number of amidine groups is 1. The molecule has 0 unspecified atom stereocenters. The van der Waals surface area contributed by atoms with Crippen LogP contribution in [-0.2, 0) is 11.2 Å². The van der Waals surface area contributed by atoms with Crippen molar-refractivity contribution in [3.05, 3.63) is 11.7 Å². The molecule has 0 atom stereocenters. The van der Waals surface area contributed by atoms with Crippen molar-refractivity contribution in [3.8, 4) is 0 Å². The highest BCUT2D eigenvalue weighted by molar-refractivity contribution is 8.12. The van der Waals surface area contributed by atoms with Gasteiger partial charge in [-0.3, -0.25) is 5.41 Å². The zero-order valence-corrected chi connectivity index (χ0v) is 9.31. The molecule has 0 saturated heterocycles. The molecule has 0 aliphatic carbocycles. The second kappa shape index (κ2) is 4.00. The number of aromatic nitrogens is 2. The van der Waals surface area contributed by atoms with E-state index in [9.17, 15) is 0 Å². The maximum atomic E-state index is 7.03. The van der Waals surface area contributed by atoms with Gasteiger partial charge in [-0.25, -0.2) is 0 Å². The summed E-state index contributed by atoms with van der Waals surface area (Å²) in [6.07, 6.45) is 0. The van der Waals surface area contributed by atoms with Gasteiger partial charge in [0.05, 0.1) is 5.75 Å². The first-order valence-electron chi connectivity index (χ1n) is 4.19. The van der Waals surface area contributed by atoms with Crippen molar-refractivity contribution < 1.29 is 4.52 Å². The Labute approximate surface area is 87.0 Å². The topological polar surface area (TPSA) is 88.8 Å². The molecule has 0 saturated carbocycles. The fourth-order valence-electron chi connectivity index (χ4n) is 0.760. The van der Waals surface area contributed by atoms with Gasteiger partial charge >= 0.3 is 0 Å². The van der Waals surface area contributed by atoms with E-state index in [0.717, 1.165) is 0 Å². The van der Waals surface area contributed by atoms with E-state index in [4.69, 9.17) is 15.7 Å². The fourth-order valence-corrected chi connectivity index (χ4v) is 1.16. The fraction of sp³-hybridized carbons (Fsp3) is 0.625.